The molecule has 25 heavy (non-hydrogen) atoms. The van der Waals surface area contributed by atoms with Gasteiger partial charge < -0.3 is 5.73 Å². The van der Waals surface area contributed by atoms with E-state index in [2.05, 4.69) is 16.9 Å². The Morgan fingerprint density at radius 1 is 1.20 bits per heavy atom. The summed E-state index contributed by atoms with van der Waals surface area (Å²) < 4.78 is 13.5. The van der Waals surface area contributed by atoms with Crippen LogP contribution in [0.2, 0.25) is 0 Å². The quantitative estimate of drug-likeness (QED) is 0.492. The summed E-state index contributed by atoms with van der Waals surface area (Å²) in [6.07, 6.45) is 2.00. The van der Waals surface area contributed by atoms with Crippen molar-refractivity contribution in [3.05, 3.63) is 52.4 Å². The van der Waals surface area contributed by atoms with Gasteiger partial charge in [-0.25, -0.2) is 19.3 Å². The van der Waals surface area contributed by atoms with E-state index in [0.29, 0.717) is 16.7 Å². The number of nitrogen functional groups attached to an aromatic ring is 1. The lowest BCUT2D eigenvalue weighted by Gasteiger charge is -2.03. The molecule has 3 aromatic rings. The monoisotopic (exact) mass is 374 g/mol. The van der Waals surface area contributed by atoms with E-state index < -0.39 is 0 Å². The van der Waals surface area contributed by atoms with Gasteiger partial charge in [-0.3, -0.25) is 0 Å². The minimum absolute atomic E-state index is 0.246. The van der Waals surface area contributed by atoms with Crippen molar-refractivity contribution in [1.29, 1.82) is 0 Å². The maximum Gasteiger partial charge on any atom is 0.190 e. The van der Waals surface area contributed by atoms with Crippen LogP contribution in [-0.4, -0.2) is 15.0 Å². The standard InChI is InChI=1S/C18H19FN4S2/c1-3-5-15-14(10-24-18-21-11(2)8-16(20)23-18)22-17(25-15)12-6-4-7-13(19)9-12/h4,6-9H,3,5,10H2,1-2H3,(H2,20,21,23). The van der Waals surface area contributed by atoms with Crippen LogP contribution in [-0.2, 0) is 12.2 Å². The molecular weight excluding hydrogens is 355 g/mol. The van der Waals surface area contributed by atoms with Gasteiger partial charge in [-0.1, -0.05) is 37.2 Å². The average Bonchev–Trinajstić information content (AvgIpc) is 2.96. The molecule has 7 heteroatoms. The molecule has 0 aliphatic heterocycles. The molecule has 4 nitrogen and oxygen atoms in total. The normalized spacial score (nSPS) is 11.0. The lowest BCUT2D eigenvalue weighted by molar-refractivity contribution is 0.628. The van der Waals surface area contributed by atoms with Gasteiger partial charge in [0.1, 0.15) is 16.6 Å². The summed E-state index contributed by atoms with van der Waals surface area (Å²) in [6, 6.07) is 8.32. The second-order valence-electron chi connectivity index (χ2n) is 5.65. The van der Waals surface area contributed by atoms with Gasteiger partial charge in [0, 0.05) is 28.0 Å². The van der Waals surface area contributed by atoms with Gasteiger partial charge >= 0.3 is 0 Å². The van der Waals surface area contributed by atoms with Crippen LogP contribution in [0.1, 0.15) is 29.6 Å². The van der Waals surface area contributed by atoms with Crippen molar-refractivity contribution in [2.75, 3.05) is 5.73 Å². The fraction of sp³-hybridized carbons (Fsp3) is 0.278. The number of hydrogen-bond donors (Lipinski definition) is 1. The highest BCUT2D eigenvalue weighted by Crippen LogP contribution is 2.32. The number of aryl methyl sites for hydroxylation is 2. The molecule has 0 saturated carbocycles. The largest absolute Gasteiger partial charge is 0.384 e. The van der Waals surface area contributed by atoms with E-state index in [1.165, 1.54) is 28.8 Å². The van der Waals surface area contributed by atoms with E-state index >= 15 is 0 Å². The Hall–Kier alpha value is -1.99. The molecule has 0 radical (unpaired) electrons. The first kappa shape index (κ1) is 17.8. The van der Waals surface area contributed by atoms with Crippen molar-refractivity contribution in [1.82, 2.24) is 15.0 Å². The Labute approximate surface area is 154 Å². The number of thioether (sulfide) groups is 1. The first-order valence-electron chi connectivity index (χ1n) is 8.03. The Bertz CT molecular complexity index is 859. The summed E-state index contributed by atoms with van der Waals surface area (Å²) in [5.74, 6) is 0.899. The van der Waals surface area contributed by atoms with Crippen LogP contribution < -0.4 is 5.73 Å². The fourth-order valence-electron chi connectivity index (χ4n) is 2.43. The Kier molecular flexibility index (Phi) is 5.65. The molecule has 0 amide bonds. The smallest absolute Gasteiger partial charge is 0.190 e. The number of nitrogens with two attached hydrogens (primary N) is 1. The van der Waals surface area contributed by atoms with Gasteiger partial charge in [0.05, 0.1) is 5.69 Å². The zero-order valence-electron chi connectivity index (χ0n) is 14.1. The highest BCUT2D eigenvalue weighted by atomic mass is 32.2. The molecule has 0 fully saturated rings. The molecule has 0 spiro atoms. The number of aromatic nitrogens is 3. The van der Waals surface area contributed by atoms with E-state index in [1.54, 1.807) is 23.5 Å². The Balaban J connectivity index is 1.84. The average molecular weight is 375 g/mol. The first-order valence-corrected chi connectivity index (χ1v) is 9.84. The number of benzene rings is 1. The van der Waals surface area contributed by atoms with Gasteiger partial charge in [0.15, 0.2) is 5.16 Å². The van der Waals surface area contributed by atoms with Crippen LogP contribution >= 0.6 is 23.1 Å². The van der Waals surface area contributed by atoms with E-state index in [0.717, 1.165) is 34.8 Å². The molecule has 0 atom stereocenters. The van der Waals surface area contributed by atoms with Crippen molar-refractivity contribution in [2.45, 2.75) is 37.6 Å². The summed E-state index contributed by atoms with van der Waals surface area (Å²) in [4.78, 5) is 14.6. The Morgan fingerprint density at radius 3 is 2.76 bits per heavy atom. The zero-order chi connectivity index (χ0) is 17.8. The van der Waals surface area contributed by atoms with Crippen molar-refractivity contribution in [3.8, 4) is 10.6 Å². The number of anilines is 1. The highest BCUT2D eigenvalue weighted by molar-refractivity contribution is 7.98. The van der Waals surface area contributed by atoms with Crippen LogP contribution in [0.25, 0.3) is 10.6 Å². The van der Waals surface area contributed by atoms with Gasteiger partial charge in [0.25, 0.3) is 0 Å². The predicted molar refractivity (Wildman–Crippen MR) is 102 cm³/mol. The van der Waals surface area contributed by atoms with E-state index in [9.17, 15) is 4.39 Å². The van der Waals surface area contributed by atoms with Crippen LogP contribution in [0.15, 0.2) is 35.5 Å². The molecule has 0 aliphatic carbocycles. The Morgan fingerprint density at radius 2 is 2.04 bits per heavy atom. The lowest BCUT2D eigenvalue weighted by atomic mass is 10.2. The van der Waals surface area contributed by atoms with Gasteiger partial charge in [-0.05, 0) is 25.5 Å². The molecule has 2 N–H and O–H groups in total. The third-order valence-electron chi connectivity index (χ3n) is 3.52. The number of thiazole rings is 1. The molecule has 0 unspecified atom stereocenters. The van der Waals surface area contributed by atoms with Crippen LogP contribution in [0.4, 0.5) is 10.2 Å². The fourth-order valence-corrected chi connectivity index (χ4v) is 4.58. The minimum Gasteiger partial charge on any atom is -0.384 e. The molecule has 0 saturated heterocycles. The minimum atomic E-state index is -0.246. The molecule has 0 aliphatic rings. The maximum atomic E-state index is 13.5. The van der Waals surface area contributed by atoms with E-state index in [1.807, 2.05) is 13.0 Å². The number of nitrogens with zero attached hydrogens (tertiary/aromatic N) is 3. The maximum absolute atomic E-state index is 13.5. The van der Waals surface area contributed by atoms with Crippen molar-refractivity contribution in [3.63, 3.8) is 0 Å². The molecular formula is C18H19FN4S2. The van der Waals surface area contributed by atoms with Gasteiger partial charge in [-0.2, -0.15) is 0 Å². The third kappa shape index (κ3) is 4.55. The summed E-state index contributed by atoms with van der Waals surface area (Å²) in [5, 5.41) is 1.50. The second kappa shape index (κ2) is 7.93. The van der Waals surface area contributed by atoms with E-state index in [4.69, 9.17) is 10.7 Å². The van der Waals surface area contributed by atoms with Gasteiger partial charge in [0.2, 0.25) is 0 Å². The molecule has 2 heterocycles. The number of rotatable bonds is 6. The molecule has 2 aromatic heterocycles. The SMILES string of the molecule is CCCc1sc(-c2cccc(F)c2)nc1CSc1nc(C)cc(N)n1. The second-order valence-corrected chi connectivity index (χ2v) is 7.68. The lowest BCUT2D eigenvalue weighted by Crippen LogP contribution is -1.97. The van der Waals surface area contributed by atoms with Crippen molar-refractivity contribution >= 4 is 28.9 Å². The summed E-state index contributed by atoms with van der Waals surface area (Å²) in [6.45, 7) is 4.04. The molecule has 3 rings (SSSR count). The predicted octanol–water partition coefficient (Wildman–Crippen LogP) is 4.87. The number of halogens is 1. The van der Waals surface area contributed by atoms with Crippen LogP contribution in [0.5, 0.6) is 0 Å². The zero-order valence-corrected chi connectivity index (χ0v) is 15.8. The first-order chi connectivity index (χ1) is 12.0. The van der Waals surface area contributed by atoms with E-state index in [-0.39, 0.29) is 5.82 Å². The van der Waals surface area contributed by atoms with Crippen molar-refractivity contribution < 1.29 is 4.39 Å². The highest BCUT2D eigenvalue weighted by Gasteiger charge is 2.14. The number of hydrogen-bond acceptors (Lipinski definition) is 6. The molecule has 0 bridgehead atoms. The summed E-state index contributed by atoms with van der Waals surface area (Å²) in [5.41, 5.74) is 8.46. The summed E-state index contributed by atoms with van der Waals surface area (Å²) in [7, 11) is 0. The van der Waals surface area contributed by atoms with Crippen LogP contribution in [0.3, 0.4) is 0 Å². The van der Waals surface area contributed by atoms with Crippen molar-refractivity contribution in [2.24, 2.45) is 0 Å². The third-order valence-corrected chi connectivity index (χ3v) is 5.58. The molecule has 130 valence electrons. The van der Waals surface area contributed by atoms with Gasteiger partial charge in [-0.15, -0.1) is 11.3 Å². The summed E-state index contributed by atoms with van der Waals surface area (Å²) >= 11 is 3.15. The topological polar surface area (TPSA) is 64.7 Å². The molecule has 1 aromatic carbocycles. The van der Waals surface area contributed by atoms with Crippen LogP contribution in [0, 0.1) is 12.7 Å².